The van der Waals surface area contributed by atoms with Crippen LogP contribution in [0.4, 0.5) is 0 Å². The molecule has 27 heavy (non-hydrogen) atoms. The van der Waals surface area contributed by atoms with E-state index in [1.165, 1.54) is 23.5 Å². The number of ether oxygens (including phenoxy) is 1. The monoisotopic (exact) mass is 362 g/mol. The topological polar surface area (TPSA) is 109 Å². The van der Waals surface area contributed by atoms with E-state index in [4.69, 9.17) is 9.15 Å². The lowest BCUT2D eigenvalue weighted by Crippen LogP contribution is -2.10. The predicted octanol–water partition coefficient (Wildman–Crippen LogP) is 2.63. The molecule has 0 radical (unpaired) electrons. The molecule has 3 heterocycles. The molecule has 0 saturated heterocycles. The largest absolute Gasteiger partial charge is 0.449 e. The first-order valence-electron chi connectivity index (χ1n) is 8.11. The molecule has 0 N–H and O–H groups in total. The van der Waals surface area contributed by atoms with Gasteiger partial charge in [0.2, 0.25) is 5.89 Å². The second-order valence-electron chi connectivity index (χ2n) is 5.60. The van der Waals surface area contributed by atoms with Crippen molar-refractivity contribution in [3.63, 3.8) is 0 Å². The third-order valence-corrected chi connectivity index (χ3v) is 3.73. The molecule has 0 aliphatic rings. The predicted molar refractivity (Wildman–Crippen MR) is 92.7 cm³/mol. The molecular formula is C18H14N6O3. The Bertz CT molecular complexity index is 1030. The molecule has 9 nitrogen and oxygen atoms in total. The highest BCUT2D eigenvalue weighted by atomic mass is 16.6. The number of nitrogens with zero attached hydrogens (tertiary/aromatic N) is 6. The maximum atomic E-state index is 12.3. The number of rotatable bonds is 5. The Hall–Kier alpha value is -3.88. The van der Waals surface area contributed by atoms with Gasteiger partial charge in [0.05, 0.1) is 5.56 Å². The molecule has 1 unspecified atom stereocenters. The Morgan fingerprint density at radius 3 is 2.70 bits per heavy atom. The molecule has 0 spiro atoms. The molecule has 4 aromatic rings. The first-order chi connectivity index (χ1) is 13.2. The summed E-state index contributed by atoms with van der Waals surface area (Å²) in [5, 5.41) is 11.9. The maximum absolute atomic E-state index is 12.3. The van der Waals surface area contributed by atoms with Gasteiger partial charge in [0, 0.05) is 11.8 Å². The lowest BCUT2D eigenvalue weighted by atomic mass is 10.2. The van der Waals surface area contributed by atoms with Gasteiger partial charge in [-0.1, -0.05) is 18.2 Å². The molecule has 0 bridgehead atoms. The van der Waals surface area contributed by atoms with Gasteiger partial charge in [0.1, 0.15) is 12.7 Å². The second-order valence-corrected chi connectivity index (χ2v) is 5.60. The Labute approximate surface area is 153 Å². The van der Waals surface area contributed by atoms with Gasteiger partial charge in [0.25, 0.3) is 5.89 Å². The summed E-state index contributed by atoms with van der Waals surface area (Å²) in [6, 6.07) is 12.6. The number of hydrogen-bond acceptors (Lipinski definition) is 8. The summed E-state index contributed by atoms with van der Waals surface area (Å²) in [6.07, 6.45) is 3.63. The minimum Gasteiger partial charge on any atom is -0.449 e. The van der Waals surface area contributed by atoms with E-state index in [1.54, 1.807) is 19.1 Å². The van der Waals surface area contributed by atoms with Crippen LogP contribution in [-0.4, -0.2) is 35.9 Å². The van der Waals surface area contributed by atoms with E-state index in [1.807, 2.05) is 30.3 Å². The van der Waals surface area contributed by atoms with Crippen molar-refractivity contribution in [3.8, 4) is 17.3 Å². The van der Waals surface area contributed by atoms with Gasteiger partial charge >= 0.3 is 5.97 Å². The molecule has 0 fully saturated rings. The van der Waals surface area contributed by atoms with Crippen molar-refractivity contribution >= 4 is 5.97 Å². The molecule has 134 valence electrons. The molecule has 1 atom stereocenters. The smallest absolute Gasteiger partial charge is 0.340 e. The number of carbonyl (C=O) groups excluding carboxylic acids is 1. The van der Waals surface area contributed by atoms with Crippen LogP contribution < -0.4 is 0 Å². The van der Waals surface area contributed by atoms with Crippen molar-refractivity contribution < 1.29 is 13.9 Å². The highest BCUT2D eigenvalue weighted by Crippen LogP contribution is 2.22. The molecular weight excluding hydrogens is 348 g/mol. The fraction of sp³-hybridized carbons (Fsp3) is 0.111. The summed E-state index contributed by atoms with van der Waals surface area (Å²) in [5.74, 6) is 0.586. The number of benzene rings is 1. The molecule has 1 aromatic carbocycles. The summed E-state index contributed by atoms with van der Waals surface area (Å²) in [5.41, 5.74) is 1.09. The van der Waals surface area contributed by atoms with Crippen LogP contribution in [0, 0.1) is 0 Å². The number of aromatic nitrogens is 6. The summed E-state index contributed by atoms with van der Waals surface area (Å²) in [6.45, 7) is 1.66. The van der Waals surface area contributed by atoms with E-state index in [0.29, 0.717) is 17.3 Å². The average molecular weight is 362 g/mol. The maximum Gasteiger partial charge on any atom is 0.340 e. The van der Waals surface area contributed by atoms with Crippen molar-refractivity contribution in [2.75, 3.05) is 0 Å². The van der Waals surface area contributed by atoms with E-state index >= 15 is 0 Å². The van der Waals surface area contributed by atoms with Crippen LogP contribution in [0.3, 0.4) is 0 Å². The van der Waals surface area contributed by atoms with Gasteiger partial charge in [-0.25, -0.2) is 19.4 Å². The van der Waals surface area contributed by atoms with Gasteiger partial charge in [-0.3, -0.25) is 0 Å². The van der Waals surface area contributed by atoms with Crippen LogP contribution in [0.15, 0.2) is 65.7 Å². The van der Waals surface area contributed by atoms with E-state index in [0.717, 1.165) is 5.56 Å². The summed E-state index contributed by atoms with van der Waals surface area (Å²) < 4.78 is 12.5. The fourth-order valence-electron chi connectivity index (χ4n) is 2.34. The van der Waals surface area contributed by atoms with Gasteiger partial charge in [-0.05, 0) is 31.2 Å². The zero-order chi connectivity index (χ0) is 18.6. The molecule has 0 saturated carbocycles. The molecule has 4 rings (SSSR count). The lowest BCUT2D eigenvalue weighted by molar-refractivity contribution is 0.0279. The second kappa shape index (κ2) is 7.16. The Morgan fingerprint density at radius 1 is 1.15 bits per heavy atom. The Balaban J connectivity index is 1.44. The molecule has 0 aliphatic heterocycles. The molecule has 9 heteroatoms. The zero-order valence-corrected chi connectivity index (χ0v) is 14.3. The SMILES string of the molecule is CC(OC(=O)c1ccc(-n2cncn2)nc1)c1nnc(-c2ccccc2)o1. The summed E-state index contributed by atoms with van der Waals surface area (Å²) >= 11 is 0. The van der Waals surface area contributed by atoms with Crippen LogP contribution in [0.5, 0.6) is 0 Å². The van der Waals surface area contributed by atoms with Crippen LogP contribution in [0.2, 0.25) is 0 Å². The first-order valence-corrected chi connectivity index (χ1v) is 8.11. The minimum absolute atomic E-state index is 0.217. The third-order valence-electron chi connectivity index (χ3n) is 3.73. The molecule has 0 aliphatic carbocycles. The van der Waals surface area contributed by atoms with Crippen molar-refractivity contribution in [3.05, 3.63) is 72.8 Å². The highest BCUT2D eigenvalue weighted by molar-refractivity contribution is 5.89. The third kappa shape index (κ3) is 3.56. The van der Waals surface area contributed by atoms with E-state index in [9.17, 15) is 4.79 Å². The van der Waals surface area contributed by atoms with Crippen molar-refractivity contribution in [1.29, 1.82) is 0 Å². The van der Waals surface area contributed by atoms with Gasteiger partial charge in [-0.2, -0.15) is 5.10 Å². The van der Waals surface area contributed by atoms with Crippen LogP contribution in [-0.2, 0) is 4.74 Å². The highest BCUT2D eigenvalue weighted by Gasteiger charge is 2.20. The van der Waals surface area contributed by atoms with E-state index in [2.05, 4.69) is 25.3 Å². The van der Waals surface area contributed by atoms with E-state index < -0.39 is 12.1 Å². The zero-order valence-electron chi connectivity index (χ0n) is 14.3. The molecule has 0 amide bonds. The number of carbonyl (C=O) groups is 1. The number of hydrogen-bond donors (Lipinski definition) is 0. The lowest BCUT2D eigenvalue weighted by Gasteiger charge is -2.09. The van der Waals surface area contributed by atoms with Gasteiger partial charge in [-0.15, -0.1) is 10.2 Å². The van der Waals surface area contributed by atoms with Crippen LogP contribution >= 0.6 is 0 Å². The average Bonchev–Trinajstić information content (AvgIpc) is 3.41. The molecule has 3 aromatic heterocycles. The fourth-order valence-corrected chi connectivity index (χ4v) is 2.34. The van der Waals surface area contributed by atoms with E-state index in [-0.39, 0.29) is 5.89 Å². The van der Waals surface area contributed by atoms with Crippen molar-refractivity contribution in [2.45, 2.75) is 13.0 Å². The summed E-state index contributed by atoms with van der Waals surface area (Å²) in [7, 11) is 0. The standard InChI is InChI=1S/C18H14N6O3/c1-12(16-22-23-17(27-16)13-5-3-2-4-6-13)26-18(25)14-7-8-15(20-9-14)24-11-19-10-21-24/h2-12H,1H3. The van der Waals surface area contributed by atoms with Crippen LogP contribution in [0.25, 0.3) is 17.3 Å². The first kappa shape index (κ1) is 16.6. The number of pyridine rings is 1. The van der Waals surface area contributed by atoms with Crippen molar-refractivity contribution in [1.82, 2.24) is 29.9 Å². The summed E-state index contributed by atoms with van der Waals surface area (Å²) in [4.78, 5) is 20.3. The minimum atomic E-state index is -0.697. The number of esters is 1. The normalized spacial score (nSPS) is 11.9. The quantitative estimate of drug-likeness (QED) is 0.498. The van der Waals surface area contributed by atoms with Gasteiger partial charge < -0.3 is 9.15 Å². The Kier molecular flexibility index (Phi) is 4.40. The Morgan fingerprint density at radius 2 is 2.00 bits per heavy atom. The van der Waals surface area contributed by atoms with Crippen LogP contribution in [0.1, 0.15) is 29.3 Å². The van der Waals surface area contributed by atoms with Gasteiger partial charge in [0.15, 0.2) is 11.9 Å². The van der Waals surface area contributed by atoms with Crippen molar-refractivity contribution in [2.24, 2.45) is 0 Å².